The Bertz CT molecular complexity index is 344. The second-order valence-corrected chi connectivity index (χ2v) is 3.18. The van der Waals surface area contributed by atoms with Gasteiger partial charge in [0.25, 0.3) is 0 Å². The molecule has 1 aromatic rings. The Morgan fingerprint density at radius 2 is 2.47 bits per heavy atom. The van der Waals surface area contributed by atoms with E-state index in [1.165, 1.54) is 0 Å². The number of hydrogen-bond donors (Lipinski definition) is 1. The van der Waals surface area contributed by atoms with Crippen LogP contribution in [0.25, 0.3) is 0 Å². The van der Waals surface area contributed by atoms with E-state index in [2.05, 4.69) is 23.1 Å². The molecule has 0 aromatic carbocycles. The van der Waals surface area contributed by atoms with Gasteiger partial charge in [0.2, 0.25) is 5.88 Å². The third-order valence-corrected chi connectivity index (χ3v) is 2.19. The van der Waals surface area contributed by atoms with Crippen molar-refractivity contribution < 1.29 is 4.74 Å². The molecule has 0 amide bonds. The van der Waals surface area contributed by atoms with Crippen molar-refractivity contribution in [1.82, 2.24) is 10.3 Å². The number of ether oxygens (including phenoxy) is 1. The Balaban J connectivity index is 2.61. The van der Waals surface area contributed by atoms with E-state index in [1.54, 1.807) is 13.3 Å². The molecule has 1 N–H and O–H groups in total. The van der Waals surface area contributed by atoms with Gasteiger partial charge in [-0.15, -0.1) is 6.42 Å². The molecule has 1 atom stereocenters. The Morgan fingerprint density at radius 3 is 3.07 bits per heavy atom. The van der Waals surface area contributed by atoms with Crippen molar-refractivity contribution in [2.45, 2.75) is 25.9 Å². The lowest BCUT2D eigenvalue weighted by Crippen LogP contribution is -2.26. The van der Waals surface area contributed by atoms with Crippen molar-refractivity contribution in [3.8, 4) is 18.2 Å². The van der Waals surface area contributed by atoms with Crippen LogP contribution >= 0.6 is 0 Å². The molecule has 0 saturated heterocycles. The fourth-order valence-corrected chi connectivity index (χ4v) is 1.30. The molecule has 80 valence electrons. The van der Waals surface area contributed by atoms with Crippen LogP contribution in [0.3, 0.4) is 0 Å². The first-order chi connectivity index (χ1) is 7.31. The summed E-state index contributed by atoms with van der Waals surface area (Å²) in [5.41, 5.74) is 1.02. The van der Waals surface area contributed by atoms with Crippen molar-refractivity contribution >= 4 is 0 Å². The molecule has 0 saturated carbocycles. The normalized spacial score (nSPS) is 11.8. The van der Waals surface area contributed by atoms with Gasteiger partial charge in [0, 0.05) is 18.3 Å². The zero-order valence-electron chi connectivity index (χ0n) is 9.16. The van der Waals surface area contributed by atoms with Crippen LogP contribution in [0, 0.1) is 12.3 Å². The van der Waals surface area contributed by atoms with Crippen LogP contribution in [-0.4, -0.2) is 18.1 Å². The van der Waals surface area contributed by atoms with Crippen LogP contribution in [-0.2, 0) is 6.54 Å². The predicted octanol–water partition coefficient (Wildman–Crippen LogP) is 1.59. The number of nitrogens with zero attached hydrogens (tertiary/aromatic N) is 1. The molecule has 1 heterocycles. The fraction of sp³-hybridized carbons (Fsp3) is 0.417. The number of hydrogen-bond acceptors (Lipinski definition) is 3. The van der Waals surface area contributed by atoms with Crippen LogP contribution < -0.4 is 10.1 Å². The van der Waals surface area contributed by atoms with Gasteiger partial charge >= 0.3 is 0 Å². The van der Waals surface area contributed by atoms with E-state index in [-0.39, 0.29) is 6.04 Å². The van der Waals surface area contributed by atoms with Gasteiger partial charge in [-0.3, -0.25) is 5.32 Å². The number of aromatic nitrogens is 1. The van der Waals surface area contributed by atoms with E-state index < -0.39 is 0 Å². The van der Waals surface area contributed by atoms with Crippen molar-refractivity contribution in [3.63, 3.8) is 0 Å². The number of rotatable bonds is 5. The van der Waals surface area contributed by atoms with E-state index in [0.29, 0.717) is 12.4 Å². The molecule has 0 aliphatic rings. The topological polar surface area (TPSA) is 34.2 Å². The largest absolute Gasteiger partial charge is 0.481 e. The molecule has 0 aliphatic heterocycles. The van der Waals surface area contributed by atoms with Crippen LogP contribution in [0.1, 0.15) is 18.9 Å². The summed E-state index contributed by atoms with van der Waals surface area (Å²) >= 11 is 0. The average Bonchev–Trinajstić information content (AvgIpc) is 2.31. The summed E-state index contributed by atoms with van der Waals surface area (Å²) in [7, 11) is 1.62. The van der Waals surface area contributed by atoms with Crippen molar-refractivity contribution in [1.29, 1.82) is 0 Å². The van der Waals surface area contributed by atoms with Crippen LogP contribution in [0.5, 0.6) is 5.88 Å². The second-order valence-electron chi connectivity index (χ2n) is 3.18. The lowest BCUT2D eigenvalue weighted by Gasteiger charge is -2.12. The SMILES string of the molecule is C#CC(CC)NCc1cccnc1OC. The molecule has 0 aliphatic carbocycles. The molecule has 0 bridgehead atoms. The predicted molar refractivity (Wildman–Crippen MR) is 60.5 cm³/mol. The van der Waals surface area contributed by atoms with Crippen molar-refractivity contribution in [2.75, 3.05) is 7.11 Å². The van der Waals surface area contributed by atoms with E-state index >= 15 is 0 Å². The molecular weight excluding hydrogens is 188 g/mol. The minimum Gasteiger partial charge on any atom is -0.481 e. The quantitative estimate of drug-likeness (QED) is 0.740. The van der Waals surface area contributed by atoms with Crippen LogP contribution in [0.2, 0.25) is 0 Å². The van der Waals surface area contributed by atoms with Gasteiger partial charge in [-0.25, -0.2) is 4.98 Å². The van der Waals surface area contributed by atoms with E-state index in [0.717, 1.165) is 12.0 Å². The molecule has 1 unspecified atom stereocenters. The third-order valence-electron chi connectivity index (χ3n) is 2.19. The number of methoxy groups -OCH3 is 1. The molecule has 1 aromatic heterocycles. The summed E-state index contributed by atoms with van der Waals surface area (Å²) in [4.78, 5) is 4.11. The highest BCUT2D eigenvalue weighted by Gasteiger charge is 2.05. The summed E-state index contributed by atoms with van der Waals surface area (Å²) in [6, 6.07) is 3.97. The zero-order chi connectivity index (χ0) is 11.1. The summed E-state index contributed by atoms with van der Waals surface area (Å²) in [6.45, 7) is 2.73. The van der Waals surface area contributed by atoms with E-state index in [1.807, 2.05) is 12.1 Å². The lowest BCUT2D eigenvalue weighted by atomic mass is 10.2. The molecule has 0 spiro atoms. The highest BCUT2D eigenvalue weighted by molar-refractivity contribution is 5.25. The van der Waals surface area contributed by atoms with Crippen molar-refractivity contribution in [2.24, 2.45) is 0 Å². The Kier molecular flexibility index (Phi) is 4.65. The molecule has 0 fully saturated rings. The molecule has 15 heavy (non-hydrogen) atoms. The van der Waals surface area contributed by atoms with E-state index in [4.69, 9.17) is 11.2 Å². The first kappa shape index (κ1) is 11.5. The highest BCUT2D eigenvalue weighted by atomic mass is 16.5. The Hall–Kier alpha value is -1.53. The Morgan fingerprint density at radius 1 is 1.67 bits per heavy atom. The third kappa shape index (κ3) is 3.26. The number of nitrogens with one attached hydrogen (secondary N) is 1. The van der Waals surface area contributed by atoms with Gasteiger partial charge in [-0.1, -0.05) is 18.9 Å². The smallest absolute Gasteiger partial charge is 0.217 e. The van der Waals surface area contributed by atoms with E-state index in [9.17, 15) is 0 Å². The molecule has 3 nitrogen and oxygen atoms in total. The van der Waals surface area contributed by atoms with Crippen LogP contribution in [0.4, 0.5) is 0 Å². The maximum absolute atomic E-state index is 5.36. The average molecular weight is 204 g/mol. The summed E-state index contributed by atoms with van der Waals surface area (Å²) < 4.78 is 5.14. The summed E-state index contributed by atoms with van der Waals surface area (Å²) in [5.74, 6) is 3.34. The first-order valence-corrected chi connectivity index (χ1v) is 4.99. The van der Waals surface area contributed by atoms with Crippen molar-refractivity contribution in [3.05, 3.63) is 23.9 Å². The number of pyridine rings is 1. The minimum absolute atomic E-state index is 0.106. The molecule has 1 rings (SSSR count). The van der Waals surface area contributed by atoms with Gasteiger partial charge in [0.15, 0.2) is 0 Å². The summed E-state index contributed by atoms with van der Waals surface area (Å²) in [5, 5.41) is 3.25. The van der Waals surface area contributed by atoms with Crippen LogP contribution in [0.15, 0.2) is 18.3 Å². The monoisotopic (exact) mass is 204 g/mol. The van der Waals surface area contributed by atoms with Gasteiger partial charge in [-0.2, -0.15) is 0 Å². The second kappa shape index (κ2) is 6.05. The van der Waals surface area contributed by atoms with Gasteiger partial charge in [-0.05, 0) is 12.5 Å². The Labute approximate surface area is 90.9 Å². The maximum atomic E-state index is 5.36. The zero-order valence-corrected chi connectivity index (χ0v) is 9.16. The van der Waals surface area contributed by atoms with Gasteiger partial charge in [0.1, 0.15) is 0 Å². The molecule has 3 heteroatoms. The first-order valence-electron chi connectivity index (χ1n) is 4.99. The van der Waals surface area contributed by atoms with Gasteiger partial charge in [0.05, 0.1) is 13.2 Å². The summed E-state index contributed by atoms with van der Waals surface area (Å²) in [6.07, 6.45) is 7.98. The molecule has 0 radical (unpaired) electrons. The van der Waals surface area contributed by atoms with Gasteiger partial charge < -0.3 is 4.74 Å². The minimum atomic E-state index is 0.106. The molecular formula is C12H16N2O. The maximum Gasteiger partial charge on any atom is 0.217 e. The lowest BCUT2D eigenvalue weighted by molar-refractivity contribution is 0.389. The highest BCUT2D eigenvalue weighted by Crippen LogP contribution is 2.13. The standard InChI is InChI=1S/C12H16N2O/c1-4-11(5-2)14-9-10-7-6-8-13-12(10)15-3/h1,6-8,11,14H,5,9H2,2-3H3. The fourth-order valence-electron chi connectivity index (χ4n) is 1.30. The number of terminal acetylenes is 1.